The van der Waals surface area contributed by atoms with Crippen LogP contribution in [-0.4, -0.2) is 41.2 Å². The normalized spacial score (nSPS) is 11.2. The fourth-order valence-corrected chi connectivity index (χ4v) is 3.38. The number of rotatable bonds is 10. The van der Waals surface area contributed by atoms with Crippen LogP contribution in [0.15, 0.2) is 53.4 Å². The first kappa shape index (κ1) is 20.9. The number of para-hydroxylation sites is 1. The van der Waals surface area contributed by atoms with Crippen molar-refractivity contribution in [2.45, 2.75) is 18.2 Å². The Kier molecular flexibility index (Phi) is 7.78. The summed E-state index contributed by atoms with van der Waals surface area (Å²) in [7, 11) is -1.96. The maximum atomic E-state index is 12.5. The Morgan fingerprint density at radius 3 is 2.41 bits per heavy atom. The predicted molar refractivity (Wildman–Crippen MR) is 104 cm³/mol. The molecular formula is C19H24N2O5S. The molecule has 2 N–H and O–H groups in total. The number of carbonyl (C=O) groups is 1. The lowest BCUT2D eigenvalue weighted by Gasteiger charge is -2.12. The summed E-state index contributed by atoms with van der Waals surface area (Å²) in [4.78, 5) is 12.7. The summed E-state index contributed by atoms with van der Waals surface area (Å²) in [6.45, 7) is 3.01. The molecule has 0 aromatic heterocycles. The van der Waals surface area contributed by atoms with Crippen LogP contribution in [0.25, 0.3) is 0 Å². The summed E-state index contributed by atoms with van der Waals surface area (Å²) in [5, 5.41) is 2.75. The van der Waals surface area contributed by atoms with E-state index in [1.54, 1.807) is 43.5 Å². The van der Waals surface area contributed by atoms with Crippen molar-refractivity contribution in [3.8, 4) is 5.75 Å². The van der Waals surface area contributed by atoms with Crippen LogP contribution in [0.4, 0.5) is 5.69 Å². The number of ether oxygens (including phenoxy) is 2. The van der Waals surface area contributed by atoms with Crippen LogP contribution in [0.5, 0.6) is 5.75 Å². The monoisotopic (exact) mass is 392 g/mol. The topological polar surface area (TPSA) is 93.7 Å². The van der Waals surface area contributed by atoms with Gasteiger partial charge < -0.3 is 14.8 Å². The van der Waals surface area contributed by atoms with Gasteiger partial charge in [-0.05, 0) is 42.8 Å². The molecule has 0 aliphatic carbocycles. The van der Waals surface area contributed by atoms with E-state index in [9.17, 15) is 13.2 Å². The molecule has 0 atom stereocenters. The highest BCUT2D eigenvalue weighted by Crippen LogP contribution is 2.20. The van der Waals surface area contributed by atoms with Gasteiger partial charge in [0.2, 0.25) is 10.0 Å². The number of hydrogen-bond acceptors (Lipinski definition) is 5. The number of amides is 1. The van der Waals surface area contributed by atoms with Gasteiger partial charge in [0.05, 0.1) is 17.1 Å². The molecule has 2 aromatic carbocycles. The van der Waals surface area contributed by atoms with Crippen LogP contribution in [-0.2, 0) is 14.8 Å². The third kappa shape index (κ3) is 6.06. The van der Waals surface area contributed by atoms with Gasteiger partial charge in [0.25, 0.3) is 5.91 Å². The summed E-state index contributed by atoms with van der Waals surface area (Å²) in [6, 6.07) is 12.9. The van der Waals surface area contributed by atoms with Gasteiger partial charge >= 0.3 is 0 Å². The van der Waals surface area contributed by atoms with Crippen molar-refractivity contribution >= 4 is 21.6 Å². The Hall–Kier alpha value is -2.42. The molecule has 2 aromatic rings. The van der Waals surface area contributed by atoms with Gasteiger partial charge in [0, 0.05) is 19.3 Å². The van der Waals surface area contributed by atoms with Gasteiger partial charge in [0.15, 0.2) is 0 Å². The summed E-state index contributed by atoms with van der Waals surface area (Å²) in [5.74, 6) is 0.109. The molecular weight excluding hydrogens is 368 g/mol. The van der Waals surface area contributed by atoms with E-state index in [0.29, 0.717) is 43.2 Å². The van der Waals surface area contributed by atoms with Crippen molar-refractivity contribution in [3.05, 3.63) is 54.1 Å². The van der Waals surface area contributed by atoms with Crippen molar-refractivity contribution in [1.82, 2.24) is 4.72 Å². The Morgan fingerprint density at radius 2 is 1.74 bits per heavy atom. The summed E-state index contributed by atoms with van der Waals surface area (Å²) < 4.78 is 37.2. The average molecular weight is 392 g/mol. The van der Waals surface area contributed by atoms with Gasteiger partial charge in [-0.3, -0.25) is 4.79 Å². The van der Waals surface area contributed by atoms with Crippen molar-refractivity contribution < 1.29 is 22.7 Å². The van der Waals surface area contributed by atoms with Crippen molar-refractivity contribution in [3.63, 3.8) is 0 Å². The highest BCUT2D eigenvalue weighted by molar-refractivity contribution is 7.89. The minimum Gasteiger partial charge on any atom is -0.490 e. The highest BCUT2D eigenvalue weighted by atomic mass is 32.2. The standard InChI is InChI=1S/C19H24N2O5S/c1-3-12-20-27(23,24)16-10-8-15(9-11-16)21-19(22)17-6-4-5-7-18(17)26-14-13-25-2/h4-11,20H,3,12-14H2,1-2H3,(H,21,22). The first-order chi connectivity index (χ1) is 13.0. The van der Waals surface area contributed by atoms with E-state index >= 15 is 0 Å². The lowest BCUT2D eigenvalue weighted by Crippen LogP contribution is -2.24. The van der Waals surface area contributed by atoms with E-state index in [1.165, 1.54) is 12.1 Å². The molecule has 0 heterocycles. The molecule has 146 valence electrons. The highest BCUT2D eigenvalue weighted by Gasteiger charge is 2.15. The molecule has 0 aliphatic heterocycles. The molecule has 0 bridgehead atoms. The molecule has 0 fully saturated rings. The van der Waals surface area contributed by atoms with E-state index in [2.05, 4.69) is 10.0 Å². The van der Waals surface area contributed by atoms with E-state index < -0.39 is 10.0 Å². The molecule has 0 aliphatic rings. The fraction of sp³-hybridized carbons (Fsp3) is 0.316. The molecule has 27 heavy (non-hydrogen) atoms. The summed E-state index contributed by atoms with van der Waals surface area (Å²) in [5.41, 5.74) is 0.871. The summed E-state index contributed by atoms with van der Waals surface area (Å²) in [6.07, 6.45) is 0.708. The molecule has 0 spiro atoms. The zero-order valence-corrected chi connectivity index (χ0v) is 16.2. The van der Waals surface area contributed by atoms with Crippen LogP contribution in [0.2, 0.25) is 0 Å². The Bertz CT molecular complexity index is 851. The molecule has 0 saturated heterocycles. The first-order valence-electron chi connectivity index (χ1n) is 8.59. The zero-order valence-electron chi connectivity index (χ0n) is 15.4. The fourth-order valence-electron chi connectivity index (χ4n) is 2.25. The number of anilines is 1. The minimum atomic E-state index is -3.53. The Morgan fingerprint density at radius 1 is 1.04 bits per heavy atom. The first-order valence-corrected chi connectivity index (χ1v) is 10.1. The van der Waals surface area contributed by atoms with E-state index in [-0.39, 0.29) is 10.8 Å². The average Bonchev–Trinajstić information content (AvgIpc) is 2.67. The predicted octanol–water partition coefficient (Wildman–Crippen LogP) is 2.65. The van der Waals surface area contributed by atoms with Gasteiger partial charge in [-0.25, -0.2) is 13.1 Å². The molecule has 0 unspecified atom stereocenters. The van der Waals surface area contributed by atoms with Crippen molar-refractivity contribution in [2.75, 3.05) is 32.2 Å². The quantitative estimate of drug-likeness (QED) is 0.606. The number of methoxy groups -OCH3 is 1. The lowest BCUT2D eigenvalue weighted by molar-refractivity contribution is 0.101. The number of sulfonamides is 1. The maximum Gasteiger partial charge on any atom is 0.259 e. The van der Waals surface area contributed by atoms with Crippen LogP contribution in [0, 0.1) is 0 Å². The third-order valence-electron chi connectivity index (χ3n) is 3.64. The van der Waals surface area contributed by atoms with Crippen molar-refractivity contribution in [1.29, 1.82) is 0 Å². The number of hydrogen-bond donors (Lipinski definition) is 2. The van der Waals surface area contributed by atoms with E-state index in [0.717, 1.165) is 0 Å². The Balaban J connectivity index is 2.08. The molecule has 0 saturated carbocycles. The molecule has 0 radical (unpaired) electrons. The van der Waals surface area contributed by atoms with Crippen LogP contribution < -0.4 is 14.8 Å². The molecule has 8 heteroatoms. The third-order valence-corrected chi connectivity index (χ3v) is 5.12. The SMILES string of the molecule is CCCNS(=O)(=O)c1ccc(NC(=O)c2ccccc2OCCOC)cc1. The van der Waals surface area contributed by atoms with Crippen LogP contribution >= 0.6 is 0 Å². The summed E-state index contributed by atoms with van der Waals surface area (Å²) >= 11 is 0. The van der Waals surface area contributed by atoms with Gasteiger partial charge in [-0.1, -0.05) is 19.1 Å². The molecule has 2 rings (SSSR count). The Labute approximate surface area is 159 Å². The molecule has 7 nitrogen and oxygen atoms in total. The van der Waals surface area contributed by atoms with Crippen LogP contribution in [0.1, 0.15) is 23.7 Å². The maximum absolute atomic E-state index is 12.5. The van der Waals surface area contributed by atoms with E-state index in [1.807, 2.05) is 6.92 Å². The smallest absolute Gasteiger partial charge is 0.259 e. The number of benzene rings is 2. The second-order valence-corrected chi connectivity index (χ2v) is 7.48. The second kappa shape index (κ2) is 10.1. The zero-order chi connectivity index (χ0) is 19.7. The lowest BCUT2D eigenvalue weighted by atomic mass is 10.2. The number of carbonyl (C=O) groups excluding carboxylic acids is 1. The van der Waals surface area contributed by atoms with Gasteiger partial charge in [-0.2, -0.15) is 0 Å². The largest absolute Gasteiger partial charge is 0.490 e. The van der Waals surface area contributed by atoms with E-state index in [4.69, 9.17) is 9.47 Å². The van der Waals surface area contributed by atoms with Crippen molar-refractivity contribution in [2.24, 2.45) is 0 Å². The number of nitrogens with one attached hydrogen (secondary N) is 2. The van der Waals surface area contributed by atoms with Gasteiger partial charge in [-0.15, -0.1) is 0 Å². The second-order valence-electron chi connectivity index (χ2n) is 5.71. The van der Waals surface area contributed by atoms with Gasteiger partial charge in [0.1, 0.15) is 12.4 Å². The minimum absolute atomic E-state index is 0.150. The van der Waals surface area contributed by atoms with Crippen LogP contribution in [0.3, 0.4) is 0 Å². The molecule has 1 amide bonds.